The Labute approximate surface area is 165 Å². The fraction of sp³-hybridized carbons (Fsp3) is 0.263. The number of hydrogen-bond acceptors (Lipinski definition) is 4. The molecule has 5 nitrogen and oxygen atoms in total. The molecule has 0 spiro atoms. The number of carbonyl (C=O) groups is 2. The van der Waals surface area contributed by atoms with Crippen molar-refractivity contribution in [2.24, 2.45) is 5.73 Å². The van der Waals surface area contributed by atoms with Crippen LogP contribution in [0.25, 0.3) is 0 Å². The fourth-order valence-corrected chi connectivity index (χ4v) is 3.19. The lowest BCUT2D eigenvalue weighted by molar-refractivity contribution is -0.137. The molecule has 0 aromatic heterocycles. The maximum Gasteiger partial charge on any atom is 0.416 e. The number of nitrogens with zero attached hydrogens (tertiary/aromatic N) is 1. The third-order valence-corrected chi connectivity index (χ3v) is 4.77. The molecule has 2 aromatic rings. The predicted octanol–water partition coefficient (Wildman–Crippen LogP) is 3.35. The quantitative estimate of drug-likeness (QED) is 0.654. The summed E-state index contributed by atoms with van der Waals surface area (Å²) in [6.07, 6.45) is -4.37. The number of hydrogen-bond donors (Lipinski definition) is 2. The summed E-state index contributed by atoms with van der Waals surface area (Å²) < 4.78 is 37.8. The highest BCUT2D eigenvalue weighted by Gasteiger charge is 2.29. The van der Waals surface area contributed by atoms with Crippen molar-refractivity contribution in [3.05, 3.63) is 59.7 Å². The summed E-state index contributed by atoms with van der Waals surface area (Å²) in [5.41, 5.74) is 5.68. The second-order valence-corrected chi connectivity index (χ2v) is 7.18. The molecule has 0 atom stereocenters. The lowest BCUT2D eigenvalue weighted by Crippen LogP contribution is -2.30. The second kappa shape index (κ2) is 9.61. The monoisotopic (exact) mass is 411 g/mol. The number of nitrogens with two attached hydrogens (primary N) is 1. The highest BCUT2D eigenvalue weighted by Crippen LogP contribution is 2.29. The van der Waals surface area contributed by atoms with Gasteiger partial charge >= 0.3 is 6.18 Å². The van der Waals surface area contributed by atoms with Gasteiger partial charge in [0.25, 0.3) is 0 Å². The number of thioether (sulfide) groups is 1. The number of carbonyl (C=O) groups excluding carboxylic acids is 2. The Morgan fingerprint density at radius 3 is 2.36 bits per heavy atom. The van der Waals surface area contributed by atoms with E-state index in [0.717, 1.165) is 17.0 Å². The van der Waals surface area contributed by atoms with Gasteiger partial charge in [0.05, 0.1) is 23.5 Å². The number of likely N-dealkylation sites (N-methyl/N-ethyl adjacent to an activating group) is 1. The van der Waals surface area contributed by atoms with Crippen molar-refractivity contribution in [1.29, 1.82) is 0 Å². The van der Waals surface area contributed by atoms with E-state index in [-0.39, 0.29) is 18.2 Å². The number of rotatable bonds is 8. The number of amides is 2. The Bertz CT molecular complexity index is 826. The molecule has 0 bridgehead atoms. The number of alkyl halides is 3. The van der Waals surface area contributed by atoms with E-state index in [1.165, 1.54) is 23.9 Å². The van der Waals surface area contributed by atoms with Gasteiger partial charge in [0, 0.05) is 11.4 Å². The van der Waals surface area contributed by atoms with Crippen molar-refractivity contribution in [3.63, 3.8) is 0 Å². The first-order chi connectivity index (χ1) is 13.1. The van der Waals surface area contributed by atoms with Crippen molar-refractivity contribution in [2.75, 3.05) is 24.7 Å². The third-order valence-electron chi connectivity index (χ3n) is 3.68. The Kier molecular flexibility index (Phi) is 7.47. The SMILES string of the molecule is CN(CC(=O)Nc1ccccc1SCC(N)=O)Cc1ccc(C(F)(F)F)cc1. The van der Waals surface area contributed by atoms with E-state index >= 15 is 0 Å². The van der Waals surface area contributed by atoms with E-state index in [1.807, 2.05) is 0 Å². The molecule has 0 saturated heterocycles. The number of halogens is 3. The highest BCUT2D eigenvalue weighted by atomic mass is 32.2. The second-order valence-electron chi connectivity index (χ2n) is 6.17. The van der Waals surface area contributed by atoms with Crippen LogP contribution in [-0.2, 0) is 22.3 Å². The van der Waals surface area contributed by atoms with Crippen LogP contribution in [0.5, 0.6) is 0 Å². The summed E-state index contributed by atoms with van der Waals surface area (Å²) in [7, 11) is 1.70. The van der Waals surface area contributed by atoms with Crippen molar-refractivity contribution < 1.29 is 22.8 Å². The Morgan fingerprint density at radius 1 is 1.11 bits per heavy atom. The predicted molar refractivity (Wildman–Crippen MR) is 103 cm³/mol. The van der Waals surface area contributed by atoms with Crippen molar-refractivity contribution in [3.8, 4) is 0 Å². The van der Waals surface area contributed by atoms with Crippen LogP contribution in [0.3, 0.4) is 0 Å². The highest BCUT2D eigenvalue weighted by molar-refractivity contribution is 8.00. The molecule has 150 valence electrons. The van der Waals surface area contributed by atoms with Gasteiger partial charge < -0.3 is 11.1 Å². The third kappa shape index (κ3) is 6.90. The largest absolute Gasteiger partial charge is 0.416 e. The standard InChI is InChI=1S/C19H20F3N3O2S/c1-25(10-13-6-8-14(9-7-13)19(20,21)22)11-18(27)24-15-4-2-3-5-16(15)28-12-17(23)26/h2-9H,10-12H2,1H3,(H2,23,26)(H,24,27). The van der Waals surface area contributed by atoms with E-state index in [4.69, 9.17) is 5.73 Å². The van der Waals surface area contributed by atoms with E-state index in [1.54, 1.807) is 36.2 Å². The van der Waals surface area contributed by atoms with E-state index in [9.17, 15) is 22.8 Å². The molecule has 3 N–H and O–H groups in total. The van der Waals surface area contributed by atoms with Gasteiger partial charge in [-0.3, -0.25) is 14.5 Å². The summed E-state index contributed by atoms with van der Waals surface area (Å²) in [6, 6.07) is 11.9. The number of nitrogens with one attached hydrogen (secondary N) is 1. The van der Waals surface area contributed by atoms with Crippen LogP contribution >= 0.6 is 11.8 Å². The van der Waals surface area contributed by atoms with E-state index in [0.29, 0.717) is 17.8 Å². The van der Waals surface area contributed by atoms with E-state index in [2.05, 4.69) is 5.32 Å². The van der Waals surface area contributed by atoms with Crippen LogP contribution < -0.4 is 11.1 Å². The molecule has 0 aliphatic rings. The van der Waals surface area contributed by atoms with Crippen LogP contribution in [0.15, 0.2) is 53.4 Å². The summed E-state index contributed by atoms with van der Waals surface area (Å²) in [4.78, 5) is 25.6. The minimum atomic E-state index is -4.37. The van der Waals surface area contributed by atoms with Gasteiger partial charge in [-0.25, -0.2) is 0 Å². The molecular weight excluding hydrogens is 391 g/mol. The molecule has 0 saturated carbocycles. The fourth-order valence-electron chi connectivity index (χ4n) is 2.45. The van der Waals surface area contributed by atoms with Gasteiger partial charge in [-0.1, -0.05) is 24.3 Å². The zero-order valence-corrected chi connectivity index (χ0v) is 15.9. The van der Waals surface area contributed by atoms with Gasteiger partial charge in [0.1, 0.15) is 0 Å². The maximum absolute atomic E-state index is 12.6. The van der Waals surface area contributed by atoms with Crippen molar-refractivity contribution in [1.82, 2.24) is 4.90 Å². The smallest absolute Gasteiger partial charge is 0.369 e. The zero-order chi connectivity index (χ0) is 20.7. The first kappa shape index (κ1) is 21.8. The molecule has 0 heterocycles. The minimum Gasteiger partial charge on any atom is -0.369 e. The maximum atomic E-state index is 12.6. The summed E-state index contributed by atoms with van der Waals surface area (Å²) >= 11 is 1.23. The molecule has 2 amide bonds. The molecular formula is C19H20F3N3O2S. The summed E-state index contributed by atoms with van der Waals surface area (Å²) in [5, 5.41) is 2.78. The van der Waals surface area contributed by atoms with E-state index < -0.39 is 17.6 Å². The molecule has 0 radical (unpaired) electrons. The lowest BCUT2D eigenvalue weighted by atomic mass is 10.1. The van der Waals surface area contributed by atoms with Gasteiger partial charge in [-0.2, -0.15) is 13.2 Å². The summed E-state index contributed by atoms with van der Waals surface area (Å²) in [5.74, 6) is -0.635. The van der Waals surface area contributed by atoms with Crippen LogP contribution in [0.2, 0.25) is 0 Å². The molecule has 2 aromatic carbocycles. The van der Waals surface area contributed by atoms with Crippen LogP contribution in [0.1, 0.15) is 11.1 Å². The Hall–Kier alpha value is -2.52. The molecule has 0 aliphatic heterocycles. The molecule has 0 aliphatic carbocycles. The molecule has 2 rings (SSSR count). The lowest BCUT2D eigenvalue weighted by Gasteiger charge is -2.17. The topological polar surface area (TPSA) is 75.4 Å². The number of primary amides is 1. The van der Waals surface area contributed by atoms with Gasteiger partial charge in [-0.05, 0) is 36.9 Å². The molecule has 0 fully saturated rings. The number of para-hydroxylation sites is 1. The average Bonchev–Trinajstić information content (AvgIpc) is 2.60. The van der Waals surface area contributed by atoms with Crippen LogP contribution in [0.4, 0.5) is 18.9 Å². The number of benzene rings is 2. The Morgan fingerprint density at radius 2 is 1.75 bits per heavy atom. The molecule has 28 heavy (non-hydrogen) atoms. The zero-order valence-electron chi connectivity index (χ0n) is 15.1. The van der Waals surface area contributed by atoms with Crippen LogP contribution in [-0.4, -0.2) is 36.1 Å². The molecule has 0 unspecified atom stereocenters. The van der Waals surface area contributed by atoms with Crippen molar-refractivity contribution in [2.45, 2.75) is 17.6 Å². The number of anilines is 1. The van der Waals surface area contributed by atoms with Crippen LogP contribution in [0, 0.1) is 0 Å². The normalized spacial score (nSPS) is 11.5. The average molecular weight is 411 g/mol. The van der Waals surface area contributed by atoms with Gasteiger partial charge in [-0.15, -0.1) is 11.8 Å². The first-order valence-corrected chi connectivity index (χ1v) is 9.28. The van der Waals surface area contributed by atoms with Gasteiger partial charge in [0.15, 0.2) is 0 Å². The van der Waals surface area contributed by atoms with Crippen molar-refractivity contribution >= 4 is 29.3 Å². The van der Waals surface area contributed by atoms with Gasteiger partial charge in [0.2, 0.25) is 11.8 Å². The molecule has 9 heteroatoms. The minimum absolute atomic E-state index is 0.0514. The summed E-state index contributed by atoms with van der Waals surface area (Å²) in [6.45, 7) is 0.374. The Balaban J connectivity index is 1.92. The first-order valence-electron chi connectivity index (χ1n) is 8.30.